The molecular formula is C24H24N2O3S. The first kappa shape index (κ1) is 20.2. The lowest BCUT2D eigenvalue weighted by atomic mass is 10.1. The van der Waals surface area contributed by atoms with Gasteiger partial charge in [0.05, 0.1) is 16.1 Å². The number of aryl methyl sites for hydroxylation is 2. The van der Waals surface area contributed by atoms with Crippen molar-refractivity contribution < 1.29 is 13.2 Å². The average molecular weight is 421 g/mol. The molecule has 1 amide bonds. The lowest BCUT2D eigenvalue weighted by Crippen LogP contribution is -2.36. The third kappa shape index (κ3) is 3.59. The lowest BCUT2D eigenvalue weighted by Gasteiger charge is -2.24. The van der Waals surface area contributed by atoms with E-state index in [0.29, 0.717) is 11.1 Å². The summed E-state index contributed by atoms with van der Waals surface area (Å²) in [5.74, 6) is -0.216. The molecule has 0 saturated heterocycles. The number of nitrogens with zero attached hydrogens (tertiary/aromatic N) is 1. The molecule has 0 aliphatic carbocycles. The first-order valence-electron chi connectivity index (χ1n) is 9.88. The van der Waals surface area contributed by atoms with E-state index < -0.39 is 10.0 Å². The van der Waals surface area contributed by atoms with Gasteiger partial charge in [0.2, 0.25) is 0 Å². The van der Waals surface area contributed by atoms with E-state index >= 15 is 0 Å². The van der Waals surface area contributed by atoms with E-state index in [1.165, 1.54) is 0 Å². The highest BCUT2D eigenvalue weighted by atomic mass is 32.2. The fraction of sp³-hybridized carbons (Fsp3) is 0.208. The number of carbonyl (C=O) groups is 1. The second-order valence-electron chi connectivity index (χ2n) is 7.78. The quantitative estimate of drug-likeness (QED) is 0.666. The highest BCUT2D eigenvalue weighted by molar-refractivity contribution is 7.92. The fourth-order valence-corrected chi connectivity index (χ4v) is 5.37. The summed E-state index contributed by atoms with van der Waals surface area (Å²) in [6.07, 6.45) is 0.776. The summed E-state index contributed by atoms with van der Waals surface area (Å²) in [5, 5.41) is 0. The van der Waals surface area contributed by atoms with Gasteiger partial charge < -0.3 is 4.90 Å². The molecular weight excluding hydrogens is 396 g/mol. The van der Waals surface area contributed by atoms with Gasteiger partial charge in [0, 0.05) is 11.7 Å². The molecule has 1 aliphatic heterocycles. The summed E-state index contributed by atoms with van der Waals surface area (Å²) in [4.78, 5) is 15.4. The Morgan fingerprint density at radius 1 is 1.00 bits per heavy atom. The first-order valence-corrected chi connectivity index (χ1v) is 11.4. The van der Waals surface area contributed by atoms with Gasteiger partial charge in [-0.15, -0.1) is 0 Å². The zero-order valence-corrected chi connectivity index (χ0v) is 18.0. The number of nitrogens with one attached hydrogen (secondary N) is 1. The Hall–Kier alpha value is -3.12. The van der Waals surface area contributed by atoms with Gasteiger partial charge in [-0.05, 0) is 68.1 Å². The highest BCUT2D eigenvalue weighted by Gasteiger charge is 2.32. The van der Waals surface area contributed by atoms with Crippen LogP contribution in [0.5, 0.6) is 0 Å². The van der Waals surface area contributed by atoms with Gasteiger partial charge in [-0.25, -0.2) is 8.42 Å². The molecule has 0 spiro atoms. The van der Waals surface area contributed by atoms with E-state index in [4.69, 9.17) is 0 Å². The normalized spacial score (nSPS) is 15.7. The van der Waals surface area contributed by atoms with Crippen LogP contribution in [0.4, 0.5) is 11.4 Å². The van der Waals surface area contributed by atoms with Gasteiger partial charge >= 0.3 is 0 Å². The molecule has 3 aromatic rings. The lowest BCUT2D eigenvalue weighted by molar-refractivity contribution is 0.0982. The zero-order chi connectivity index (χ0) is 21.5. The maximum absolute atomic E-state index is 13.5. The van der Waals surface area contributed by atoms with Crippen LogP contribution in [0.25, 0.3) is 0 Å². The second kappa shape index (κ2) is 7.61. The SMILES string of the molecule is Cc1ccc(C)c(S(=O)(=O)Nc2ccccc2C(=O)N2c3ccccc3C[C@@H]2C)c1. The van der Waals surface area contributed by atoms with Crippen LogP contribution in [0.3, 0.4) is 0 Å². The van der Waals surface area contributed by atoms with Crippen molar-refractivity contribution in [3.05, 3.63) is 89.0 Å². The molecule has 30 heavy (non-hydrogen) atoms. The molecule has 0 bridgehead atoms. The Balaban J connectivity index is 1.72. The van der Waals surface area contributed by atoms with Crippen LogP contribution < -0.4 is 9.62 Å². The maximum atomic E-state index is 13.5. The third-order valence-corrected chi connectivity index (χ3v) is 6.97. The summed E-state index contributed by atoms with van der Waals surface area (Å²) in [7, 11) is -3.84. The Labute approximate surface area is 177 Å². The Bertz CT molecular complexity index is 1230. The van der Waals surface area contributed by atoms with E-state index in [1.807, 2.05) is 44.2 Å². The van der Waals surface area contributed by atoms with Crippen LogP contribution in [0.1, 0.15) is 34.0 Å². The minimum atomic E-state index is -3.84. The van der Waals surface area contributed by atoms with Crippen molar-refractivity contribution in [1.29, 1.82) is 0 Å². The molecule has 0 aromatic heterocycles. The van der Waals surface area contributed by atoms with Crippen molar-refractivity contribution >= 4 is 27.3 Å². The van der Waals surface area contributed by atoms with Crippen molar-refractivity contribution in [3.63, 3.8) is 0 Å². The number of hydrogen-bond acceptors (Lipinski definition) is 3. The number of fused-ring (bicyclic) bond motifs is 1. The number of carbonyl (C=O) groups excluding carboxylic acids is 1. The third-order valence-electron chi connectivity index (χ3n) is 5.46. The van der Waals surface area contributed by atoms with E-state index in [0.717, 1.165) is 23.2 Å². The van der Waals surface area contributed by atoms with Crippen molar-refractivity contribution in [2.24, 2.45) is 0 Å². The Morgan fingerprint density at radius 3 is 2.50 bits per heavy atom. The number of benzene rings is 3. The standard InChI is InChI=1S/C24H24N2O3S/c1-16-12-13-17(2)23(14-16)30(28,29)25-21-10-6-5-9-20(21)24(27)26-18(3)15-19-8-4-7-11-22(19)26/h4-14,18,25H,15H2,1-3H3/t18-/m0/s1. The molecule has 0 unspecified atom stereocenters. The molecule has 1 N–H and O–H groups in total. The monoisotopic (exact) mass is 420 g/mol. The summed E-state index contributed by atoms with van der Waals surface area (Å²) >= 11 is 0. The van der Waals surface area contributed by atoms with Crippen molar-refractivity contribution in [1.82, 2.24) is 0 Å². The molecule has 0 saturated carbocycles. The highest BCUT2D eigenvalue weighted by Crippen LogP contribution is 2.34. The van der Waals surface area contributed by atoms with Crippen molar-refractivity contribution in [3.8, 4) is 0 Å². The van der Waals surface area contributed by atoms with Gasteiger partial charge in [-0.2, -0.15) is 0 Å². The van der Waals surface area contributed by atoms with Crippen LogP contribution in [0.2, 0.25) is 0 Å². The zero-order valence-electron chi connectivity index (χ0n) is 17.2. The minimum absolute atomic E-state index is 0.00131. The number of anilines is 2. The van der Waals surface area contributed by atoms with Gasteiger partial charge in [0.1, 0.15) is 0 Å². The number of hydrogen-bond donors (Lipinski definition) is 1. The molecule has 6 heteroatoms. The van der Waals surface area contributed by atoms with Crippen LogP contribution in [-0.4, -0.2) is 20.4 Å². The molecule has 0 fully saturated rings. The molecule has 1 atom stereocenters. The van der Waals surface area contributed by atoms with Gasteiger partial charge in [0.25, 0.3) is 15.9 Å². The van der Waals surface area contributed by atoms with Gasteiger partial charge in [0.15, 0.2) is 0 Å². The largest absolute Gasteiger partial charge is 0.305 e. The summed E-state index contributed by atoms with van der Waals surface area (Å²) in [5.41, 5.74) is 4.11. The molecule has 154 valence electrons. The predicted octanol–water partition coefficient (Wildman–Crippen LogP) is 4.70. The molecule has 0 radical (unpaired) electrons. The maximum Gasteiger partial charge on any atom is 0.262 e. The van der Waals surface area contributed by atoms with Crippen molar-refractivity contribution in [2.75, 3.05) is 9.62 Å². The summed E-state index contributed by atoms with van der Waals surface area (Å²) in [6.45, 7) is 5.61. The minimum Gasteiger partial charge on any atom is -0.305 e. The van der Waals surface area contributed by atoms with E-state index in [1.54, 1.807) is 48.2 Å². The Morgan fingerprint density at radius 2 is 1.70 bits per heavy atom. The Kier molecular flexibility index (Phi) is 5.12. The topological polar surface area (TPSA) is 66.5 Å². The summed E-state index contributed by atoms with van der Waals surface area (Å²) < 4.78 is 28.8. The van der Waals surface area contributed by atoms with E-state index in [9.17, 15) is 13.2 Å². The van der Waals surface area contributed by atoms with E-state index in [2.05, 4.69) is 4.72 Å². The number of para-hydroxylation sites is 2. The number of rotatable bonds is 4. The first-order chi connectivity index (χ1) is 14.3. The molecule has 4 rings (SSSR count). The van der Waals surface area contributed by atoms with Gasteiger partial charge in [-0.3, -0.25) is 9.52 Å². The van der Waals surface area contributed by atoms with Crippen molar-refractivity contribution in [2.45, 2.75) is 38.1 Å². The fourth-order valence-electron chi connectivity index (χ4n) is 3.96. The molecule has 1 aliphatic rings. The molecule has 1 heterocycles. The average Bonchev–Trinajstić information content (AvgIpc) is 3.05. The second-order valence-corrected chi connectivity index (χ2v) is 9.43. The van der Waals surface area contributed by atoms with Gasteiger partial charge in [-0.1, -0.05) is 42.5 Å². The van der Waals surface area contributed by atoms with Crippen LogP contribution in [0.15, 0.2) is 71.6 Å². The molecule has 3 aromatic carbocycles. The smallest absolute Gasteiger partial charge is 0.262 e. The van der Waals surface area contributed by atoms with E-state index in [-0.39, 0.29) is 22.5 Å². The van der Waals surface area contributed by atoms with Crippen LogP contribution in [0, 0.1) is 13.8 Å². The molecule has 5 nitrogen and oxygen atoms in total. The van der Waals surface area contributed by atoms with Crippen LogP contribution >= 0.6 is 0 Å². The summed E-state index contributed by atoms with van der Waals surface area (Å²) in [6, 6.07) is 19.9. The number of sulfonamides is 1. The number of amides is 1. The predicted molar refractivity (Wildman–Crippen MR) is 120 cm³/mol. The van der Waals surface area contributed by atoms with Crippen LogP contribution in [-0.2, 0) is 16.4 Å².